The monoisotopic (exact) mass is 274 g/mol. The summed E-state index contributed by atoms with van der Waals surface area (Å²) >= 11 is 0.997. The van der Waals surface area contributed by atoms with Gasteiger partial charge in [-0.3, -0.25) is 4.68 Å². The lowest BCUT2D eigenvalue weighted by Crippen LogP contribution is -2.11. The lowest BCUT2D eigenvalue weighted by atomic mass is 10.6. The number of nitrogens with one attached hydrogen (secondary N) is 1. The lowest BCUT2D eigenvalue weighted by molar-refractivity contribution is 0.599. The van der Waals surface area contributed by atoms with Gasteiger partial charge in [-0.1, -0.05) is 16.6 Å². The highest BCUT2D eigenvalue weighted by atomic mass is 32.2. The SMILES string of the molecule is NS(=O)(=O)c1cnc(NCCn2ccnn2)s1. The van der Waals surface area contributed by atoms with Crippen LogP contribution in [0.3, 0.4) is 0 Å². The number of nitrogens with zero attached hydrogens (tertiary/aromatic N) is 4. The molecule has 10 heteroatoms. The van der Waals surface area contributed by atoms with Crippen LogP contribution in [0.1, 0.15) is 0 Å². The largest absolute Gasteiger partial charge is 0.360 e. The number of thiazole rings is 1. The molecule has 0 saturated heterocycles. The van der Waals surface area contributed by atoms with E-state index in [1.54, 1.807) is 17.1 Å². The van der Waals surface area contributed by atoms with Crippen LogP contribution in [0.4, 0.5) is 5.13 Å². The van der Waals surface area contributed by atoms with E-state index >= 15 is 0 Å². The second-order valence-electron chi connectivity index (χ2n) is 3.12. The maximum absolute atomic E-state index is 11.0. The predicted octanol–water partition coefficient (Wildman–Crippen LogP) is -0.506. The first-order valence-electron chi connectivity index (χ1n) is 4.62. The minimum Gasteiger partial charge on any atom is -0.360 e. The number of sulfonamides is 1. The Morgan fingerprint density at radius 2 is 2.35 bits per heavy atom. The minimum atomic E-state index is -3.66. The highest BCUT2D eigenvalue weighted by Gasteiger charge is 2.12. The summed E-state index contributed by atoms with van der Waals surface area (Å²) in [5.41, 5.74) is 0. The summed E-state index contributed by atoms with van der Waals surface area (Å²) in [6, 6.07) is 0. The Bertz CT molecular complexity index is 575. The van der Waals surface area contributed by atoms with E-state index in [4.69, 9.17) is 5.14 Å². The third-order valence-electron chi connectivity index (χ3n) is 1.85. The quantitative estimate of drug-likeness (QED) is 0.759. The van der Waals surface area contributed by atoms with E-state index in [9.17, 15) is 8.42 Å². The third-order valence-corrected chi connectivity index (χ3v) is 4.22. The van der Waals surface area contributed by atoms with Gasteiger partial charge < -0.3 is 5.32 Å². The number of rotatable bonds is 5. The van der Waals surface area contributed by atoms with Crippen molar-refractivity contribution in [2.24, 2.45) is 5.14 Å². The molecule has 0 saturated carbocycles. The fraction of sp³-hybridized carbons (Fsp3) is 0.286. The topological polar surface area (TPSA) is 116 Å². The van der Waals surface area contributed by atoms with Crippen molar-refractivity contribution in [1.29, 1.82) is 0 Å². The average molecular weight is 274 g/mol. The Kier molecular flexibility index (Phi) is 3.36. The van der Waals surface area contributed by atoms with Crippen molar-refractivity contribution in [3.8, 4) is 0 Å². The second-order valence-corrected chi connectivity index (χ2v) is 5.94. The minimum absolute atomic E-state index is 0.0424. The Hall–Kier alpha value is -1.52. The number of primary sulfonamides is 1. The van der Waals surface area contributed by atoms with Crippen LogP contribution >= 0.6 is 11.3 Å². The highest BCUT2D eigenvalue weighted by Crippen LogP contribution is 2.20. The maximum atomic E-state index is 11.0. The first kappa shape index (κ1) is 12.0. The molecule has 0 fully saturated rings. The molecule has 0 amide bonds. The van der Waals surface area contributed by atoms with Gasteiger partial charge in [0, 0.05) is 12.7 Å². The molecule has 0 radical (unpaired) electrons. The van der Waals surface area contributed by atoms with Crippen LogP contribution < -0.4 is 10.5 Å². The maximum Gasteiger partial charge on any atom is 0.249 e. The zero-order valence-corrected chi connectivity index (χ0v) is 10.3. The van der Waals surface area contributed by atoms with Gasteiger partial charge in [0.2, 0.25) is 10.0 Å². The average Bonchev–Trinajstić information content (AvgIpc) is 2.86. The van der Waals surface area contributed by atoms with Gasteiger partial charge >= 0.3 is 0 Å². The van der Waals surface area contributed by atoms with E-state index in [2.05, 4.69) is 20.6 Å². The van der Waals surface area contributed by atoms with Gasteiger partial charge in [0.15, 0.2) is 9.34 Å². The van der Waals surface area contributed by atoms with Crippen molar-refractivity contribution < 1.29 is 8.42 Å². The Labute approximate surface area is 102 Å². The van der Waals surface area contributed by atoms with E-state index in [0.29, 0.717) is 18.2 Å². The predicted molar refractivity (Wildman–Crippen MR) is 62.0 cm³/mol. The standard InChI is InChI=1S/C7H10N6O2S2/c8-17(14,15)6-5-10-7(16-6)9-1-3-13-4-2-11-12-13/h2,4-5H,1,3H2,(H,9,10)(H2,8,14,15). The molecule has 2 rings (SSSR count). The lowest BCUT2D eigenvalue weighted by Gasteiger charge is -2.01. The van der Waals surface area contributed by atoms with Crippen LogP contribution in [-0.4, -0.2) is 34.9 Å². The molecular formula is C7H10N6O2S2. The Morgan fingerprint density at radius 1 is 1.53 bits per heavy atom. The highest BCUT2D eigenvalue weighted by molar-refractivity contribution is 7.91. The number of anilines is 1. The number of hydrogen-bond donors (Lipinski definition) is 2. The van der Waals surface area contributed by atoms with Crippen LogP contribution in [0.5, 0.6) is 0 Å². The van der Waals surface area contributed by atoms with Gasteiger partial charge in [-0.2, -0.15) is 0 Å². The van der Waals surface area contributed by atoms with Crippen molar-refractivity contribution in [1.82, 2.24) is 20.0 Å². The van der Waals surface area contributed by atoms with Gasteiger partial charge in [-0.25, -0.2) is 18.5 Å². The van der Waals surface area contributed by atoms with Gasteiger partial charge in [0.25, 0.3) is 0 Å². The van der Waals surface area contributed by atoms with Crippen molar-refractivity contribution in [3.63, 3.8) is 0 Å². The van der Waals surface area contributed by atoms with E-state index in [-0.39, 0.29) is 4.21 Å². The molecule has 3 N–H and O–H groups in total. The van der Waals surface area contributed by atoms with Crippen LogP contribution in [0, 0.1) is 0 Å². The number of aromatic nitrogens is 4. The summed E-state index contributed by atoms with van der Waals surface area (Å²) in [4.78, 5) is 3.90. The van der Waals surface area contributed by atoms with E-state index in [1.165, 1.54) is 6.20 Å². The zero-order valence-electron chi connectivity index (χ0n) is 8.65. The first-order chi connectivity index (χ1) is 8.05. The fourth-order valence-electron chi connectivity index (χ4n) is 1.10. The molecule has 0 aliphatic carbocycles. The molecule has 0 aliphatic heterocycles. The molecule has 0 atom stereocenters. The molecule has 0 bridgehead atoms. The fourth-order valence-corrected chi connectivity index (χ4v) is 2.58. The molecule has 0 unspecified atom stereocenters. The summed E-state index contributed by atoms with van der Waals surface area (Å²) < 4.78 is 23.7. The summed E-state index contributed by atoms with van der Waals surface area (Å²) in [5, 5.41) is 15.9. The van der Waals surface area contributed by atoms with E-state index in [1.807, 2.05) is 0 Å². The van der Waals surface area contributed by atoms with Crippen molar-refractivity contribution in [3.05, 3.63) is 18.6 Å². The van der Waals surface area contributed by atoms with Crippen molar-refractivity contribution >= 4 is 26.5 Å². The Balaban J connectivity index is 1.90. The van der Waals surface area contributed by atoms with E-state index in [0.717, 1.165) is 11.3 Å². The zero-order chi connectivity index (χ0) is 12.3. The number of hydrogen-bond acceptors (Lipinski definition) is 7. The van der Waals surface area contributed by atoms with Crippen molar-refractivity contribution in [2.75, 3.05) is 11.9 Å². The molecule has 0 spiro atoms. The molecule has 92 valence electrons. The molecule has 8 nitrogen and oxygen atoms in total. The van der Waals surface area contributed by atoms with Gasteiger partial charge in [-0.15, -0.1) is 5.10 Å². The van der Waals surface area contributed by atoms with Crippen LogP contribution in [0.15, 0.2) is 22.8 Å². The molecular weight excluding hydrogens is 264 g/mol. The summed E-state index contributed by atoms with van der Waals surface area (Å²) in [7, 11) is -3.66. The normalized spacial score (nSPS) is 11.6. The molecule has 17 heavy (non-hydrogen) atoms. The van der Waals surface area contributed by atoms with Gasteiger partial charge in [0.1, 0.15) is 0 Å². The van der Waals surface area contributed by atoms with Crippen molar-refractivity contribution in [2.45, 2.75) is 10.8 Å². The smallest absolute Gasteiger partial charge is 0.249 e. The van der Waals surface area contributed by atoms with Crippen LogP contribution in [-0.2, 0) is 16.6 Å². The second kappa shape index (κ2) is 4.77. The Morgan fingerprint density at radius 3 is 2.94 bits per heavy atom. The van der Waals surface area contributed by atoms with Gasteiger partial charge in [-0.05, 0) is 0 Å². The number of nitrogens with two attached hydrogens (primary N) is 1. The summed E-state index contributed by atoms with van der Waals surface area (Å²) in [6.45, 7) is 1.19. The molecule has 2 aromatic rings. The molecule has 2 heterocycles. The van der Waals surface area contributed by atoms with Gasteiger partial charge in [0.05, 0.1) is 18.9 Å². The molecule has 0 aliphatic rings. The third kappa shape index (κ3) is 3.22. The molecule has 0 aromatic carbocycles. The first-order valence-corrected chi connectivity index (χ1v) is 6.98. The van der Waals surface area contributed by atoms with Crippen LogP contribution in [0.25, 0.3) is 0 Å². The van der Waals surface area contributed by atoms with Crippen LogP contribution in [0.2, 0.25) is 0 Å². The summed E-state index contributed by atoms with van der Waals surface area (Å²) in [6.07, 6.45) is 4.56. The molecule has 2 aromatic heterocycles. The van der Waals surface area contributed by atoms with E-state index < -0.39 is 10.0 Å². The summed E-state index contributed by atoms with van der Waals surface area (Å²) in [5.74, 6) is 0.